The van der Waals surface area contributed by atoms with E-state index >= 15 is 0 Å². The van der Waals surface area contributed by atoms with E-state index in [0.29, 0.717) is 5.92 Å². The van der Waals surface area contributed by atoms with Gasteiger partial charge in [0.1, 0.15) is 0 Å². The Labute approximate surface area is 109 Å². The van der Waals surface area contributed by atoms with Crippen LogP contribution >= 0.6 is 0 Å². The summed E-state index contributed by atoms with van der Waals surface area (Å²) >= 11 is 0. The van der Waals surface area contributed by atoms with E-state index in [4.69, 9.17) is 4.74 Å². The van der Waals surface area contributed by atoms with Gasteiger partial charge in [0.05, 0.1) is 12.3 Å². The van der Waals surface area contributed by atoms with Crippen molar-refractivity contribution >= 4 is 5.69 Å². The van der Waals surface area contributed by atoms with E-state index in [-0.39, 0.29) is 0 Å². The van der Waals surface area contributed by atoms with Crippen LogP contribution in [0.5, 0.6) is 0 Å². The predicted octanol–water partition coefficient (Wildman–Crippen LogP) is 1.66. The standard InChI is InChI=1S/C14H23N3O/c1-3-15-9-13-8-14(4-6-16-13)17-7-5-12(10-17)11-18-2/h4,6,8,12,15H,3,5,7,9-11H2,1-2H3. The van der Waals surface area contributed by atoms with Gasteiger partial charge >= 0.3 is 0 Å². The summed E-state index contributed by atoms with van der Waals surface area (Å²) in [6.45, 7) is 7.02. The predicted molar refractivity (Wildman–Crippen MR) is 73.8 cm³/mol. The summed E-state index contributed by atoms with van der Waals surface area (Å²) in [7, 11) is 1.78. The van der Waals surface area contributed by atoms with Crippen LogP contribution in [-0.2, 0) is 11.3 Å². The Morgan fingerprint density at radius 3 is 3.22 bits per heavy atom. The fraction of sp³-hybridized carbons (Fsp3) is 0.643. The lowest BCUT2D eigenvalue weighted by molar-refractivity contribution is 0.161. The average Bonchev–Trinajstić information content (AvgIpc) is 2.86. The summed E-state index contributed by atoms with van der Waals surface area (Å²) in [5, 5.41) is 3.31. The van der Waals surface area contributed by atoms with E-state index in [1.807, 2.05) is 6.20 Å². The van der Waals surface area contributed by atoms with Crippen molar-refractivity contribution in [1.29, 1.82) is 0 Å². The number of nitrogens with one attached hydrogen (secondary N) is 1. The van der Waals surface area contributed by atoms with Crippen molar-refractivity contribution < 1.29 is 4.74 Å². The third-order valence-corrected chi connectivity index (χ3v) is 3.41. The minimum absolute atomic E-state index is 0.667. The van der Waals surface area contributed by atoms with Crippen LogP contribution in [0.1, 0.15) is 19.0 Å². The third kappa shape index (κ3) is 3.43. The summed E-state index contributed by atoms with van der Waals surface area (Å²) in [5.41, 5.74) is 2.40. The van der Waals surface area contributed by atoms with Crippen LogP contribution in [0.25, 0.3) is 0 Å². The molecule has 4 heteroatoms. The number of methoxy groups -OCH3 is 1. The van der Waals surface area contributed by atoms with E-state index in [9.17, 15) is 0 Å². The lowest BCUT2D eigenvalue weighted by Gasteiger charge is -2.19. The molecule has 4 nitrogen and oxygen atoms in total. The fourth-order valence-corrected chi connectivity index (χ4v) is 2.45. The van der Waals surface area contributed by atoms with Gasteiger partial charge in [-0.15, -0.1) is 0 Å². The van der Waals surface area contributed by atoms with Gasteiger partial charge < -0.3 is 15.0 Å². The second-order valence-corrected chi connectivity index (χ2v) is 4.84. The number of hydrogen-bond donors (Lipinski definition) is 1. The van der Waals surface area contributed by atoms with E-state index in [0.717, 1.165) is 38.5 Å². The summed E-state index contributed by atoms with van der Waals surface area (Å²) in [6.07, 6.45) is 3.13. The molecule has 1 aromatic heterocycles. The van der Waals surface area contributed by atoms with Crippen LogP contribution < -0.4 is 10.2 Å². The first-order chi connectivity index (χ1) is 8.83. The molecule has 1 N–H and O–H groups in total. The van der Waals surface area contributed by atoms with Gasteiger partial charge in [-0.1, -0.05) is 6.92 Å². The SMILES string of the molecule is CCNCc1cc(N2CCC(COC)C2)ccn1. The van der Waals surface area contributed by atoms with Crippen LogP contribution in [0.15, 0.2) is 18.3 Å². The molecule has 1 saturated heterocycles. The quantitative estimate of drug-likeness (QED) is 0.832. The molecule has 0 saturated carbocycles. The first-order valence-corrected chi connectivity index (χ1v) is 6.73. The maximum atomic E-state index is 5.24. The van der Waals surface area contributed by atoms with Gasteiger partial charge in [-0.2, -0.15) is 0 Å². The van der Waals surface area contributed by atoms with Gasteiger partial charge in [0.2, 0.25) is 0 Å². The fourth-order valence-electron chi connectivity index (χ4n) is 2.45. The molecule has 0 amide bonds. The van der Waals surface area contributed by atoms with Crippen LogP contribution in [0.4, 0.5) is 5.69 Å². The Morgan fingerprint density at radius 2 is 2.44 bits per heavy atom. The zero-order valence-electron chi connectivity index (χ0n) is 11.4. The molecule has 1 fully saturated rings. The van der Waals surface area contributed by atoms with Gasteiger partial charge in [0.15, 0.2) is 0 Å². The summed E-state index contributed by atoms with van der Waals surface area (Å²) in [5.74, 6) is 0.667. The van der Waals surface area contributed by atoms with Gasteiger partial charge in [-0.25, -0.2) is 0 Å². The van der Waals surface area contributed by atoms with E-state index in [1.165, 1.54) is 12.1 Å². The molecule has 100 valence electrons. The Kier molecular flexibility index (Phi) is 4.96. The molecular weight excluding hydrogens is 226 g/mol. The van der Waals surface area contributed by atoms with Gasteiger partial charge in [-0.3, -0.25) is 4.98 Å². The highest BCUT2D eigenvalue weighted by Gasteiger charge is 2.22. The molecule has 1 atom stereocenters. The van der Waals surface area contributed by atoms with Crippen molar-refractivity contribution in [2.24, 2.45) is 5.92 Å². The second-order valence-electron chi connectivity index (χ2n) is 4.84. The average molecular weight is 249 g/mol. The number of hydrogen-bond acceptors (Lipinski definition) is 4. The number of ether oxygens (including phenoxy) is 1. The summed E-state index contributed by atoms with van der Waals surface area (Å²) in [4.78, 5) is 6.82. The molecular formula is C14H23N3O. The number of nitrogens with zero attached hydrogens (tertiary/aromatic N) is 2. The maximum absolute atomic E-state index is 5.24. The zero-order chi connectivity index (χ0) is 12.8. The molecule has 1 aliphatic heterocycles. The van der Waals surface area contributed by atoms with Gasteiger partial charge in [-0.05, 0) is 25.1 Å². The maximum Gasteiger partial charge on any atom is 0.0562 e. The van der Waals surface area contributed by atoms with Crippen LogP contribution in [0.2, 0.25) is 0 Å². The third-order valence-electron chi connectivity index (χ3n) is 3.41. The minimum Gasteiger partial charge on any atom is -0.384 e. The van der Waals surface area contributed by atoms with Gasteiger partial charge in [0, 0.05) is 44.5 Å². The molecule has 0 aliphatic carbocycles. The summed E-state index contributed by atoms with van der Waals surface area (Å²) in [6, 6.07) is 4.29. The molecule has 2 heterocycles. The molecule has 0 bridgehead atoms. The Bertz CT molecular complexity index is 370. The highest BCUT2D eigenvalue weighted by Crippen LogP contribution is 2.24. The molecule has 1 aromatic rings. The molecule has 1 unspecified atom stereocenters. The Balaban J connectivity index is 1.96. The molecule has 0 spiro atoms. The van der Waals surface area contributed by atoms with Crippen molar-refractivity contribution in [1.82, 2.24) is 10.3 Å². The van der Waals surface area contributed by atoms with Crippen molar-refractivity contribution in [2.45, 2.75) is 19.9 Å². The number of anilines is 1. The highest BCUT2D eigenvalue weighted by atomic mass is 16.5. The van der Waals surface area contributed by atoms with Crippen molar-refractivity contribution in [3.8, 4) is 0 Å². The van der Waals surface area contributed by atoms with E-state index in [2.05, 4.69) is 34.3 Å². The number of pyridine rings is 1. The van der Waals surface area contributed by atoms with Crippen LogP contribution in [-0.4, -0.2) is 38.3 Å². The number of rotatable bonds is 6. The molecule has 18 heavy (non-hydrogen) atoms. The first-order valence-electron chi connectivity index (χ1n) is 6.73. The minimum atomic E-state index is 0.667. The van der Waals surface area contributed by atoms with Crippen LogP contribution in [0.3, 0.4) is 0 Å². The molecule has 2 rings (SSSR count). The number of aromatic nitrogens is 1. The monoisotopic (exact) mass is 249 g/mol. The molecule has 0 aromatic carbocycles. The smallest absolute Gasteiger partial charge is 0.0562 e. The lowest BCUT2D eigenvalue weighted by atomic mass is 10.1. The normalized spacial score (nSPS) is 19.4. The summed E-state index contributed by atoms with van der Waals surface area (Å²) < 4.78 is 5.24. The van der Waals surface area contributed by atoms with Crippen LogP contribution in [0, 0.1) is 5.92 Å². The van der Waals surface area contributed by atoms with E-state index in [1.54, 1.807) is 7.11 Å². The topological polar surface area (TPSA) is 37.4 Å². The Morgan fingerprint density at radius 1 is 1.56 bits per heavy atom. The molecule has 0 radical (unpaired) electrons. The first kappa shape index (κ1) is 13.3. The van der Waals surface area contributed by atoms with Gasteiger partial charge in [0.25, 0.3) is 0 Å². The van der Waals surface area contributed by atoms with E-state index < -0.39 is 0 Å². The highest BCUT2D eigenvalue weighted by molar-refractivity contribution is 5.47. The van der Waals surface area contributed by atoms with Crippen molar-refractivity contribution in [3.63, 3.8) is 0 Å². The largest absolute Gasteiger partial charge is 0.384 e. The zero-order valence-corrected chi connectivity index (χ0v) is 11.4. The second kappa shape index (κ2) is 6.71. The Hall–Kier alpha value is -1.13. The lowest BCUT2D eigenvalue weighted by Crippen LogP contribution is -2.21. The van der Waals surface area contributed by atoms with Crippen molar-refractivity contribution in [2.75, 3.05) is 38.3 Å². The molecule has 1 aliphatic rings. The van der Waals surface area contributed by atoms with Crippen molar-refractivity contribution in [3.05, 3.63) is 24.0 Å².